The lowest BCUT2D eigenvalue weighted by molar-refractivity contribution is -0.141. The molecule has 0 fully saturated rings. The Morgan fingerprint density at radius 1 is 1.21 bits per heavy atom. The number of halogens is 3. The van der Waals surface area contributed by atoms with E-state index in [4.69, 9.17) is 11.5 Å². The number of aromatic nitrogens is 3. The Balaban J connectivity index is 2.19. The highest BCUT2D eigenvalue weighted by molar-refractivity contribution is 5.96. The molecule has 2 aromatic rings. The molecule has 0 aliphatic heterocycles. The highest BCUT2D eigenvalue weighted by atomic mass is 19.4. The number of pyridine rings is 1. The number of alkyl halides is 3. The standard InChI is InChI=1S/C19H25F3N6O/c1-11(2)7-12(8-23)3-4-13-10-26-16(17(24)29)18(27-13)28-14-5-6-15(25-9-14)19(20,21)22/h5-6,9-12H,3-4,7-8,23H2,1-2H3,(H2,24,29)(H,27,28). The molecule has 0 spiro atoms. The molecule has 1 unspecified atom stereocenters. The van der Waals surface area contributed by atoms with E-state index in [1.54, 1.807) is 0 Å². The molecule has 5 N–H and O–H groups in total. The van der Waals surface area contributed by atoms with E-state index in [1.807, 2.05) is 0 Å². The molecule has 0 radical (unpaired) electrons. The van der Waals surface area contributed by atoms with Crippen molar-refractivity contribution in [2.24, 2.45) is 23.3 Å². The number of hydrogen-bond acceptors (Lipinski definition) is 6. The average Bonchev–Trinajstić information content (AvgIpc) is 2.64. The summed E-state index contributed by atoms with van der Waals surface area (Å²) < 4.78 is 38.0. The number of primary amides is 1. The molecule has 2 rings (SSSR count). The molecule has 0 aliphatic carbocycles. The van der Waals surface area contributed by atoms with Crippen LogP contribution in [0.3, 0.4) is 0 Å². The fourth-order valence-electron chi connectivity index (χ4n) is 2.94. The molecular weight excluding hydrogens is 385 g/mol. The Morgan fingerprint density at radius 2 is 1.93 bits per heavy atom. The second-order valence-corrected chi connectivity index (χ2v) is 7.25. The predicted molar refractivity (Wildman–Crippen MR) is 103 cm³/mol. The summed E-state index contributed by atoms with van der Waals surface area (Å²) in [6.45, 7) is 4.82. The quantitative estimate of drug-likeness (QED) is 0.584. The highest BCUT2D eigenvalue weighted by Gasteiger charge is 2.32. The van der Waals surface area contributed by atoms with Crippen molar-refractivity contribution in [1.29, 1.82) is 0 Å². The van der Waals surface area contributed by atoms with Crippen molar-refractivity contribution < 1.29 is 18.0 Å². The Hall–Kier alpha value is -2.75. The number of carbonyl (C=O) groups excluding carboxylic acids is 1. The van der Waals surface area contributed by atoms with Crippen molar-refractivity contribution in [3.05, 3.63) is 41.6 Å². The smallest absolute Gasteiger partial charge is 0.364 e. The minimum absolute atomic E-state index is 0.0738. The summed E-state index contributed by atoms with van der Waals surface area (Å²) in [5, 5.41) is 2.78. The van der Waals surface area contributed by atoms with Crippen LogP contribution in [0.1, 0.15) is 48.6 Å². The van der Waals surface area contributed by atoms with Gasteiger partial charge in [0.1, 0.15) is 5.69 Å². The van der Waals surface area contributed by atoms with Gasteiger partial charge in [0.05, 0.1) is 17.6 Å². The van der Waals surface area contributed by atoms with Gasteiger partial charge in [-0.25, -0.2) is 15.0 Å². The lowest BCUT2D eigenvalue weighted by Gasteiger charge is -2.17. The van der Waals surface area contributed by atoms with Crippen LogP contribution in [0.15, 0.2) is 24.5 Å². The van der Waals surface area contributed by atoms with E-state index in [-0.39, 0.29) is 17.2 Å². The number of nitrogens with zero attached hydrogens (tertiary/aromatic N) is 3. The summed E-state index contributed by atoms with van der Waals surface area (Å²) in [6, 6.07) is 2.03. The summed E-state index contributed by atoms with van der Waals surface area (Å²) in [5.41, 5.74) is 10.9. The van der Waals surface area contributed by atoms with Gasteiger partial charge in [0, 0.05) is 6.20 Å². The fraction of sp³-hybridized carbons (Fsp3) is 0.474. The third-order valence-corrected chi connectivity index (χ3v) is 4.32. The number of nitrogens with two attached hydrogens (primary N) is 2. The zero-order chi connectivity index (χ0) is 21.6. The molecule has 0 aromatic carbocycles. The largest absolute Gasteiger partial charge is 0.433 e. The number of aryl methyl sites for hydroxylation is 1. The van der Waals surface area contributed by atoms with E-state index in [9.17, 15) is 18.0 Å². The van der Waals surface area contributed by atoms with Crippen LogP contribution in [0.25, 0.3) is 0 Å². The number of anilines is 2. The maximum atomic E-state index is 12.7. The summed E-state index contributed by atoms with van der Waals surface area (Å²) >= 11 is 0. The molecule has 158 valence electrons. The van der Waals surface area contributed by atoms with E-state index in [0.29, 0.717) is 30.5 Å². The van der Waals surface area contributed by atoms with E-state index in [2.05, 4.69) is 34.1 Å². The van der Waals surface area contributed by atoms with Gasteiger partial charge in [0.2, 0.25) is 0 Å². The summed E-state index contributed by atoms with van der Waals surface area (Å²) in [5.74, 6) is 0.134. The maximum Gasteiger partial charge on any atom is 0.433 e. The first kappa shape index (κ1) is 22.5. The van der Waals surface area contributed by atoms with Crippen LogP contribution in [0.5, 0.6) is 0 Å². The lowest BCUT2D eigenvalue weighted by atomic mass is 9.92. The summed E-state index contributed by atoms with van der Waals surface area (Å²) in [4.78, 5) is 23.5. The average molecular weight is 410 g/mol. The molecule has 2 aromatic heterocycles. The van der Waals surface area contributed by atoms with Crippen LogP contribution in [-0.4, -0.2) is 27.4 Å². The molecule has 0 saturated carbocycles. The van der Waals surface area contributed by atoms with Gasteiger partial charge in [-0.3, -0.25) is 4.79 Å². The minimum atomic E-state index is -4.54. The first-order valence-corrected chi connectivity index (χ1v) is 9.26. The lowest BCUT2D eigenvalue weighted by Crippen LogP contribution is -2.19. The zero-order valence-electron chi connectivity index (χ0n) is 16.3. The van der Waals surface area contributed by atoms with Crippen LogP contribution in [-0.2, 0) is 12.6 Å². The number of amides is 1. The Labute approximate surface area is 167 Å². The van der Waals surface area contributed by atoms with Crippen molar-refractivity contribution in [3.63, 3.8) is 0 Å². The van der Waals surface area contributed by atoms with Gasteiger partial charge in [-0.2, -0.15) is 13.2 Å². The van der Waals surface area contributed by atoms with Crippen molar-refractivity contribution in [1.82, 2.24) is 15.0 Å². The number of hydrogen-bond donors (Lipinski definition) is 3. The molecule has 29 heavy (non-hydrogen) atoms. The van der Waals surface area contributed by atoms with E-state index < -0.39 is 17.8 Å². The molecule has 1 atom stereocenters. The van der Waals surface area contributed by atoms with Crippen molar-refractivity contribution in [2.75, 3.05) is 11.9 Å². The van der Waals surface area contributed by atoms with Crippen LogP contribution in [0, 0.1) is 11.8 Å². The van der Waals surface area contributed by atoms with Gasteiger partial charge in [-0.15, -0.1) is 0 Å². The van der Waals surface area contributed by atoms with Gasteiger partial charge in [-0.05, 0) is 49.8 Å². The molecule has 0 aliphatic rings. The Bertz CT molecular complexity index is 824. The SMILES string of the molecule is CC(C)CC(CN)CCc1cnc(C(N)=O)c(Nc2ccc(C(F)(F)F)nc2)n1. The second kappa shape index (κ2) is 9.64. The predicted octanol–water partition coefficient (Wildman–Crippen LogP) is 3.29. The molecule has 0 saturated heterocycles. The van der Waals surface area contributed by atoms with Crippen molar-refractivity contribution in [2.45, 2.75) is 39.3 Å². The third kappa shape index (κ3) is 6.67. The Kier molecular flexibility index (Phi) is 7.49. The zero-order valence-corrected chi connectivity index (χ0v) is 16.3. The van der Waals surface area contributed by atoms with Gasteiger partial charge in [0.25, 0.3) is 5.91 Å². The van der Waals surface area contributed by atoms with E-state index in [0.717, 1.165) is 25.1 Å². The van der Waals surface area contributed by atoms with Crippen molar-refractivity contribution >= 4 is 17.4 Å². The fourth-order valence-corrected chi connectivity index (χ4v) is 2.94. The third-order valence-electron chi connectivity index (χ3n) is 4.32. The number of carbonyl (C=O) groups is 1. The molecule has 7 nitrogen and oxygen atoms in total. The van der Waals surface area contributed by atoms with Crippen LogP contribution < -0.4 is 16.8 Å². The minimum Gasteiger partial charge on any atom is -0.364 e. The first-order chi connectivity index (χ1) is 13.6. The van der Waals surface area contributed by atoms with E-state index in [1.165, 1.54) is 12.3 Å². The van der Waals surface area contributed by atoms with Gasteiger partial charge >= 0.3 is 6.18 Å². The van der Waals surface area contributed by atoms with Crippen LogP contribution in [0.2, 0.25) is 0 Å². The molecular formula is C19H25F3N6O. The molecule has 0 bridgehead atoms. The molecule has 2 heterocycles. The normalized spacial score (nSPS) is 12.8. The first-order valence-electron chi connectivity index (χ1n) is 9.26. The number of rotatable bonds is 9. The molecule has 10 heteroatoms. The maximum absolute atomic E-state index is 12.7. The van der Waals surface area contributed by atoms with Crippen LogP contribution >= 0.6 is 0 Å². The highest BCUT2D eigenvalue weighted by Crippen LogP contribution is 2.28. The Morgan fingerprint density at radius 3 is 2.45 bits per heavy atom. The topological polar surface area (TPSA) is 120 Å². The van der Waals surface area contributed by atoms with Gasteiger partial charge in [-0.1, -0.05) is 13.8 Å². The van der Waals surface area contributed by atoms with Crippen LogP contribution in [0.4, 0.5) is 24.7 Å². The monoisotopic (exact) mass is 410 g/mol. The van der Waals surface area contributed by atoms with E-state index >= 15 is 0 Å². The summed E-state index contributed by atoms with van der Waals surface area (Å²) in [6.07, 6.45) is 0.340. The molecule has 1 amide bonds. The van der Waals surface area contributed by atoms with Gasteiger partial charge < -0.3 is 16.8 Å². The van der Waals surface area contributed by atoms with Crippen molar-refractivity contribution in [3.8, 4) is 0 Å². The second-order valence-electron chi connectivity index (χ2n) is 7.25. The van der Waals surface area contributed by atoms with Gasteiger partial charge in [0.15, 0.2) is 11.5 Å². The summed E-state index contributed by atoms with van der Waals surface area (Å²) in [7, 11) is 0. The number of nitrogens with one attached hydrogen (secondary N) is 1.